The van der Waals surface area contributed by atoms with E-state index in [0.29, 0.717) is 6.10 Å². The highest BCUT2D eigenvalue weighted by molar-refractivity contribution is 5.29. The second-order valence-electron chi connectivity index (χ2n) is 4.02. The maximum atomic E-state index is 5.96. The third-order valence-corrected chi connectivity index (χ3v) is 2.56. The van der Waals surface area contributed by atoms with Gasteiger partial charge in [-0.2, -0.15) is 0 Å². The van der Waals surface area contributed by atoms with Gasteiger partial charge in [-0.1, -0.05) is 18.2 Å². The van der Waals surface area contributed by atoms with Crippen LogP contribution >= 0.6 is 0 Å². The molecule has 2 rings (SSSR count). The summed E-state index contributed by atoms with van der Waals surface area (Å²) >= 11 is 0. The van der Waals surface area contributed by atoms with Crippen molar-refractivity contribution in [1.82, 2.24) is 0 Å². The lowest BCUT2D eigenvalue weighted by Gasteiger charge is -2.10. The maximum Gasteiger partial charge on any atom is 0.119 e. The van der Waals surface area contributed by atoms with Gasteiger partial charge in [0.25, 0.3) is 0 Å². The first-order valence-electron chi connectivity index (χ1n) is 5.42. The van der Waals surface area contributed by atoms with Gasteiger partial charge in [0, 0.05) is 6.04 Å². The van der Waals surface area contributed by atoms with Gasteiger partial charge in [0.15, 0.2) is 0 Å². The van der Waals surface area contributed by atoms with E-state index in [1.165, 1.54) is 12.8 Å². The predicted octanol–water partition coefficient (Wildman–Crippen LogP) is 2.80. The monoisotopic (exact) mass is 203 g/mol. The lowest BCUT2D eigenvalue weighted by atomic mass is 10.0. The fourth-order valence-electron chi connectivity index (χ4n) is 1.49. The Morgan fingerprint density at radius 3 is 2.60 bits per heavy atom. The van der Waals surface area contributed by atoms with Crippen molar-refractivity contribution in [1.29, 1.82) is 0 Å². The number of hydrogen-bond acceptors (Lipinski definition) is 2. The highest BCUT2D eigenvalue weighted by atomic mass is 16.5. The van der Waals surface area contributed by atoms with Crippen LogP contribution in [-0.2, 0) is 0 Å². The summed E-state index contributed by atoms with van der Waals surface area (Å²) < 4.78 is 5.66. The van der Waals surface area contributed by atoms with Crippen molar-refractivity contribution in [2.45, 2.75) is 31.4 Å². The second kappa shape index (κ2) is 4.49. The van der Waals surface area contributed by atoms with Crippen LogP contribution in [0.4, 0.5) is 0 Å². The molecule has 1 saturated carbocycles. The van der Waals surface area contributed by atoms with Crippen LogP contribution in [0, 0.1) is 0 Å². The van der Waals surface area contributed by atoms with Gasteiger partial charge < -0.3 is 10.5 Å². The molecule has 0 aromatic heterocycles. The Labute approximate surface area is 90.7 Å². The van der Waals surface area contributed by atoms with Crippen LogP contribution in [0.3, 0.4) is 0 Å². The highest BCUT2D eigenvalue weighted by Gasteiger charge is 2.23. The van der Waals surface area contributed by atoms with Crippen molar-refractivity contribution in [2.24, 2.45) is 5.73 Å². The van der Waals surface area contributed by atoms with E-state index in [1.54, 1.807) is 0 Å². The molecule has 0 heterocycles. The summed E-state index contributed by atoms with van der Waals surface area (Å²) in [4.78, 5) is 0. The number of rotatable bonds is 5. The average Bonchev–Trinajstić information content (AvgIpc) is 3.03. The van der Waals surface area contributed by atoms with Crippen LogP contribution in [-0.4, -0.2) is 6.10 Å². The van der Waals surface area contributed by atoms with Crippen LogP contribution in [0.15, 0.2) is 36.9 Å². The summed E-state index contributed by atoms with van der Waals surface area (Å²) in [5, 5.41) is 0. The van der Waals surface area contributed by atoms with E-state index in [2.05, 4.69) is 6.58 Å². The zero-order chi connectivity index (χ0) is 10.7. The van der Waals surface area contributed by atoms with Crippen molar-refractivity contribution in [3.05, 3.63) is 42.5 Å². The maximum absolute atomic E-state index is 5.96. The summed E-state index contributed by atoms with van der Waals surface area (Å²) in [5.41, 5.74) is 7.09. The Bertz CT molecular complexity index is 327. The minimum absolute atomic E-state index is 0.0532. The van der Waals surface area contributed by atoms with Crippen LogP contribution in [0.25, 0.3) is 0 Å². The molecule has 0 aliphatic heterocycles. The van der Waals surface area contributed by atoms with Gasteiger partial charge in [-0.15, -0.1) is 6.58 Å². The zero-order valence-corrected chi connectivity index (χ0v) is 8.86. The lowest BCUT2D eigenvalue weighted by Crippen LogP contribution is -2.08. The standard InChI is InChI=1S/C13H17NO/c1-2-3-13(14)10-4-6-11(7-5-10)15-12-8-9-12/h2,4-7,12-13H,1,3,8-9,14H2. The third kappa shape index (κ3) is 2.83. The molecule has 0 saturated heterocycles. The third-order valence-electron chi connectivity index (χ3n) is 2.56. The van der Waals surface area contributed by atoms with Crippen molar-refractivity contribution < 1.29 is 4.74 Å². The van der Waals surface area contributed by atoms with Crippen LogP contribution in [0.5, 0.6) is 5.75 Å². The molecule has 1 aromatic rings. The van der Waals surface area contributed by atoms with Crippen molar-refractivity contribution >= 4 is 0 Å². The van der Waals surface area contributed by atoms with E-state index in [0.717, 1.165) is 17.7 Å². The van der Waals surface area contributed by atoms with Crippen LogP contribution < -0.4 is 10.5 Å². The Balaban J connectivity index is 1.98. The highest BCUT2D eigenvalue weighted by Crippen LogP contribution is 2.27. The number of benzene rings is 1. The van der Waals surface area contributed by atoms with E-state index in [1.807, 2.05) is 30.3 Å². The lowest BCUT2D eigenvalue weighted by molar-refractivity contribution is 0.303. The SMILES string of the molecule is C=CCC(N)c1ccc(OC2CC2)cc1. The van der Waals surface area contributed by atoms with Crippen molar-refractivity contribution in [2.75, 3.05) is 0 Å². The first-order chi connectivity index (χ1) is 7.29. The fourth-order valence-corrected chi connectivity index (χ4v) is 1.49. The van der Waals surface area contributed by atoms with Gasteiger partial charge in [0.1, 0.15) is 5.75 Å². The van der Waals surface area contributed by atoms with Gasteiger partial charge >= 0.3 is 0 Å². The van der Waals surface area contributed by atoms with E-state index >= 15 is 0 Å². The Morgan fingerprint density at radius 2 is 2.07 bits per heavy atom. The van der Waals surface area contributed by atoms with Gasteiger partial charge in [-0.25, -0.2) is 0 Å². The van der Waals surface area contributed by atoms with Gasteiger partial charge in [-0.3, -0.25) is 0 Å². The summed E-state index contributed by atoms with van der Waals surface area (Å²) in [6.45, 7) is 3.69. The number of hydrogen-bond donors (Lipinski definition) is 1. The Kier molecular flexibility index (Phi) is 3.07. The molecule has 0 spiro atoms. The fraction of sp³-hybridized carbons (Fsp3) is 0.385. The molecule has 1 unspecified atom stereocenters. The smallest absolute Gasteiger partial charge is 0.119 e. The molecular weight excluding hydrogens is 186 g/mol. The average molecular weight is 203 g/mol. The van der Waals surface area contributed by atoms with E-state index in [-0.39, 0.29) is 6.04 Å². The molecule has 0 amide bonds. The summed E-state index contributed by atoms with van der Waals surface area (Å²) in [7, 11) is 0. The molecule has 1 aliphatic carbocycles. The summed E-state index contributed by atoms with van der Waals surface area (Å²) in [6, 6.07) is 8.11. The minimum Gasteiger partial charge on any atom is -0.490 e. The molecule has 2 N–H and O–H groups in total. The van der Waals surface area contributed by atoms with E-state index in [9.17, 15) is 0 Å². The second-order valence-corrected chi connectivity index (χ2v) is 4.02. The van der Waals surface area contributed by atoms with Crippen molar-refractivity contribution in [3.63, 3.8) is 0 Å². The van der Waals surface area contributed by atoms with Crippen LogP contribution in [0.2, 0.25) is 0 Å². The molecule has 2 nitrogen and oxygen atoms in total. The van der Waals surface area contributed by atoms with Gasteiger partial charge in [-0.05, 0) is 37.0 Å². The van der Waals surface area contributed by atoms with E-state index < -0.39 is 0 Å². The topological polar surface area (TPSA) is 35.2 Å². The molecule has 2 heteroatoms. The largest absolute Gasteiger partial charge is 0.490 e. The first kappa shape index (κ1) is 10.2. The Morgan fingerprint density at radius 1 is 1.40 bits per heavy atom. The number of nitrogens with two attached hydrogens (primary N) is 1. The minimum atomic E-state index is 0.0532. The molecule has 1 aromatic carbocycles. The van der Waals surface area contributed by atoms with Gasteiger partial charge in [0.2, 0.25) is 0 Å². The molecule has 0 bridgehead atoms. The first-order valence-corrected chi connectivity index (χ1v) is 5.42. The van der Waals surface area contributed by atoms with Crippen molar-refractivity contribution in [3.8, 4) is 5.75 Å². The molecule has 1 fully saturated rings. The zero-order valence-electron chi connectivity index (χ0n) is 8.86. The molecule has 80 valence electrons. The quantitative estimate of drug-likeness (QED) is 0.747. The molecular formula is C13H17NO. The molecule has 15 heavy (non-hydrogen) atoms. The van der Waals surface area contributed by atoms with Gasteiger partial charge in [0.05, 0.1) is 6.10 Å². The van der Waals surface area contributed by atoms with E-state index in [4.69, 9.17) is 10.5 Å². The molecule has 1 aliphatic rings. The summed E-state index contributed by atoms with van der Waals surface area (Å²) in [6.07, 6.45) is 5.50. The summed E-state index contributed by atoms with van der Waals surface area (Å²) in [5.74, 6) is 0.951. The number of ether oxygens (including phenoxy) is 1. The Hall–Kier alpha value is -1.28. The molecule has 1 atom stereocenters. The van der Waals surface area contributed by atoms with Crippen LogP contribution in [0.1, 0.15) is 30.9 Å². The molecule has 0 radical (unpaired) electrons. The normalized spacial score (nSPS) is 17.1. The predicted molar refractivity (Wildman–Crippen MR) is 61.8 cm³/mol.